The van der Waals surface area contributed by atoms with Crippen LogP contribution in [0.4, 0.5) is 0 Å². The lowest BCUT2D eigenvalue weighted by atomic mass is 10.3. The summed E-state index contributed by atoms with van der Waals surface area (Å²) in [6.07, 6.45) is 2.05. The van der Waals surface area contributed by atoms with Gasteiger partial charge in [0.1, 0.15) is 23.1 Å². The van der Waals surface area contributed by atoms with Gasteiger partial charge in [0.15, 0.2) is 0 Å². The Labute approximate surface area is 105 Å². The van der Waals surface area contributed by atoms with Gasteiger partial charge in [0.05, 0.1) is 12.9 Å². The number of thioether (sulfide) groups is 1. The fraction of sp³-hybridized carbons (Fsp3) is 0.333. The molecule has 0 bridgehead atoms. The number of para-hydroxylation sites is 2. The second kappa shape index (κ2) is 5.23. The summed E-state index contributed by atoms with van der Waals surface area (Å²) in [6.45, 7) is 1.90. The van der Waals surface area contributed by atoms with E-state index in [2.05, 4.69) is 16.3 Å². The van der Waals surface area contributed by atoms with Crippen molar-refractivity contribution in [1.82, 2.24) is 14.8 Å². The Bertz CT molecular complexity index is 510. The summed E-state index contributed by atoms with van der Waals surface area (Å²) in [7, 11) is 1.66. The zero-order valence-electron chi connectivity index (χ0n) is 10.2. The molecule has 0 fully saturated rings. The van der Waals surface area contributed by atoms with Crippen LogP contribution in [0.2, 0.25) is 0 Å². The third kappa shape index (κ3) is 2.44. The van der Waals surface area contributed by atoms with E-state index in [0.29, 0.717) is 0 Å². The maximum absolute atomic E-state index is 5.35. The monoisotopic (exact) mass is 249 g/mol. The Morgan fingerprint density at radius 3 is 2.82 bits per heavy atom. The van der Waals surface area contributed by atoms with Crippen LogP contribution >= 0.6 is 11.8 Å². The molecule has 0 radical (unpaired) electrons. The van der Waals surface area contributed by atoms with E-state index in [9.17, 15) is 0 Å². The average molecular weight is 249 g/mol. The van der Waals surface area contributed by atoms with Crippen molar-refractivity contribution in [3.05, 3.63) is 35.9 Å². The average Bonchev–Trinajstić information content (AvgIpc) is 2.71. The van der Waals surface area contributed by atoms with Gasteiger partial charge in [-0.15, -0.1) is 0 Å². The molecular formula is C12H15N3OS. The predicted octanol–water partition coefficient (Wildman–Crippen LogP) is 2.45. The largest absolute Gasteiger partial charge is 0.494 e. The maximum Gasteiger partial charge on any atom is 0.148 e. The molecule has 1 aromatic carbocycles. The van der Waals surface area contributed by atoms with Crippen molar-refractivity contribution in [1.29, 1.82) is 0 Å². The number of hydrogen-bond acceptors (Lipinski definition) is 4. The van der Waals surface area contributed by atoms with Gasteiger partial charge in [-0.3, -0.25) is 0 Å². The molecule has 0 amide bonds. The van der Waals surface area contributed by atoms with Gasteiger partial charge in [0, 0.05) is 0 Å². The predicted molar refractivity (Wildman–Crippen MR) is 69.9 cm³/mol. The summed E-state index contributed by atoms with van der Waals surface area (Å²) in [4.78, 5) is 4.43. The van der Waals surface area contributed by atoms with Gasteiger partial charge >= 0.3 is 0 Å². The van der Waals surface area contributed by atoms with Gasteiger partial charge in [-0.05, 0) is 25.3 Å². The lowest BCUT2D eigenvalue weighted by molar-refractivity contribution is 0.411. The van der Waals surface area contributed by atoms with Crippen LogP contribution in [-0.2, 0) is 5.75 Å². The van der Waals surface area contributed by atoms with Crippen LogP contribution in [0, 0.1) is 6.92 Å². The molecule has 90 valence electrons. The van der Waals surface area contributed by atoms with Crippen molar-refractivity contribution in [2.24, 2.45) is 0 Å². The molecule has 0 aliphatic carbocycles. The first-order valence-corrected chi connectivity index (χ1v) is 6.70. The standard InChI is InChI=1S/C12H15N3OS/c1-9-13-12(8-17-3)15(14-9)10-6-4-5-7-11(10)16-2/h4-7H,8H2,1-3H3. The summed E-state index contributed by atoms with van der Waals surface area (Å²) >= 11 is 1.73. The number of hydrogen-bond donors (Lipinski definition) is 0. The van der Waals surface area contributed by atoms with Crippen LogP contribution < -0.4 is 4.74 Å². The van der Waals surface area contributed by atoms with Crippen LogP contribution in [0.3, 0.4) is 0 Å². The number of methoxy groups -OCH3 is 1. The van der Waals surface area contributed by atoms with Crippen molar-refractivity contribution in [3.8, 4) is 11.4 Å². The SMILES string of the molecule is COc1ccccc1-n1nc(C)nc1CSC. The van der Waals surface area contributed by atoms with Crippen LogP contribution in [0.1, 0.15) is 11.6 Å². The van der Waals surface area contributed by atoms with Crippen LogP contribution in [0.15, 0.2) is 24.3 Å². The number of aryl methyl sites for hydroxylation is 1. The number of benzene rings is 1. The molecule has 0 saturated carbocycles. The van der Waals surface area contributed by atoms with E-state index in [1.807, 2.05) is 35.9 Å². The van der Waals surface area contributed by atoms with E-state index in [1.165, 1.54) is 0 Å². The normalized spacial score (nSPS) is 10.5. The zero-order chi connectivity index (χ0) is 12.3. The number of rotatable bonds is 4. The molecule has 2 aromatic rings. The summed E-state index contributed by atoms with van der Waals surface area (Å²) < 4.78 is 7.20. The first-order valence-electron chi connectivity index (χ1n) is 5.31. The molecule has 2 rings (SSSR count). The molecule has 0 atom stereocenters. The summed E-state index contributed by atoms with van der Waals surface area (Å²) in [5.74, 6) is 3.36. The molecular weight excluding hydrogens is 234 g/mol. The van der Waals surface area contributed by atoms with Gasteiger partial charge in [-0.1, -0.05) is 12.1 Å². The van der Waals surface area contributed by atoms with Gasteiger partial charge in [0.25, 0.3) is 0 Å². The van der Waals surface area contributed by atoms with E-state index >= 15 is 0 Å². The summed E-state index contributed by atoms with van der Waals surface area (Å²) in [5, 5.41) is 4.42. The van der Waals surface area contributed by atoms with Crippen molar-refractivity contribution >= 4 is 11.8 Å². The molecule has 0 aliphatic heterocycles. The minimum atomic E-state index is 0.778. The molecule has 5 heteroatoms. The highest BCUT2D eigenvalue weighted by Crippen LogP contribution is 2.23. The molecule has 1 heterocycles. The Balaban J connectivity index is 2.51. The number of ether oxygens (including phenoxy) is 1. The zero-order valence-corrected chi connectivity index (χ0v) is 11.0. The van der Waals surface area contributed by atoms with Crippen LogP contribution in [-0.4, -0.2) is 28.1 Å². The van der Waals surface area contributed by atoms with Gasteiger partial charge in [0.2, 0.25) is 0 Å². The lowest BCUT2D eigenvalue weighted by Gasteiger charge is -2.09. The van der Waals surface area contributed by atoms with E-state index in [0.717, 1.165) is 28.8 Å². The molecule has 0 unspecified atom stereocenters. The topological polar surface area (TPSA) is 39.9 Å². The second-order valence-electron chi connectivity index (χ2n) is 3.59. The van der Waals surface area contributed by atoms with E-state index in [1.54, 1.807) is 18.9 Å². The molecule has 0 aliphatic rings. The Kier molecular flexibility index (Phi) is 3.68. The van der Waals surface area contributed by atoms with Crippen molar-refractivity contribution in [2.75, 3.05) is 13.4 Å². The lowest BCUT2D eigenvalue weighted by Crippen LogP contribution is -2.04. The molecule has 4 nitrogen and oxygen atoms in total. The van der Waals surface area contributed by atoms with Crippen LogP contribution in [0.5, 0.6) is 5.75 Å². The first-order chi connectivity index (χ1) is 8.26. The van der Waals surface area contributed by atoms with E-state index in [-0.39, 0.29) is 0 Å². The Morgan fingerprint density at radius 1 is 1.35 bits per heavy atom. The van der Waals surface area contributed by atoms with E-state index in [4.69, 9.17) is 4.74 Å². The molecule has 1 aromatic heterocycles. The third-order valence-electron chi connectivity index (χ3n) is 2.37. The highest BCUT2D eigenvalue weighted by Gasteiger charge is 2.12. The van der Waals surface area contributed by atoms with Gasteiger partial charge in [-0.2, -0.15) is 16.9 Å². The van der Waals surface area contributed by atoms with Crippen molar-refractivity contribution in [3.63, 3.8) is 0 Å². The molecule has 17 heavy (non-hydrogen) atoms. The minimum absolute atomic E-state index is 0.778. The highest BCUT2D eigenvalue weighted by atomic mass is 32.2. The van der Waals surface area contributed by atoms with Gasteiger partial charge < -0.3 is 4.74 Å². The third-order valence-corrected chi connectivity index (χ3v) is 2.91. The molecule has 0 saturated heterocycles. The number of nitrogens with zero attached hydrogens (tertiary/aromatic N) is 3. The smallest absolute Gasteiger partial charge is 0.148 e. The minimum Gasteiger partial charge on any atom is -0.494 e. The highest BCUT2D eigenvalue weighted by molar-refractivity contribution is 7.97. The van der Waals surface area contributed by atoms with E-state index < -0.39 is 0 Å². The quantitative estimate of drug-likeness (QED) is 0.834. The van der Waals surface area contributed by atoms with Crippen molar-refractivity contribution in [2.45, 2.75) is 12.7 Å². The maximum atomic E-state index is 5.35. The fourth-order valence-corrected chi connectivity index (χ4v) is 2.12. The second-order valence-corrected chi connectivity index (χ2v) is 4.46. The van der Waals surface area contributed by atoms with Crippen molar-refractivity contribution < 1.29 is 4.74 Å². The van der Waals surface area contributed by atoms with Crippen LogP contribution in [0.25, 0.3) is 5.69 Å². The number of aromatic nitrogens is 3. The molecule has 0 spiro atoms. The van der Waals surface area contributed by atoms with Gasteiger partial charge in [-0.25, -0.2) is 9.67 Å². The summed E-state index contributed by atoms with van der Waals surface area (Å²) in [5.41, 5.74) is 0.930. The molecule has 0 N–H and O–H groups in total. The fourth-order valence-electron chi connectivity index (χ4n) is 1.68. The Morgan fingerprint density at radius 2 is 2.12 bits per heavy atom. The summed E-state index contributed by atoms with van der Waals surface area (Å²) in [6, 6.07) is 7.82. The Hall–Kier alpha value is -1.49. The first kappa shape index (κ1) is 12.0.